The van der Waals surface area contributed by atoms with Crippen molar-refractivity contribution in [3.05, 3.63) is 67.7 Å². The molecule has 2 aromatic rings. The van der Waals surface area contributed by atoms with E-state index >= 15 is 0 Å². The second kappa shape index (κ2) is 13.3. The number of nitrogens with one attached hydrogen (secondary N) is 1. The van der Waals surface area contributed by atoms with Gasteiger partial charge in [-0.05, 0) is 49.9 Å². The van der Waals surface area contributed by atoms with Crippen LogP contribution in [0.25, 0.3) is 0 Å². The zero-order valence-corrected chi connectivity index (χ0v) is 24.2. The van der Waals surface area contributed by atoms with E-state index in [2.05, 4.69) is 5.32 Å². The van der Waals surface area contributed by atoms with Crippen molar-refractivity contribution in [3.8, 4) is 0 Å². The van der Waals surface area contributed by atoms with Gasteiger partial charge < -0.3 is 10.2 Å². The van der Waals surface area contributed by atoms with Gasteiger partial charge in [-0.3, -0.25) is 24.0 Å². The lowest BCUT2D eigenvalue weighted by Gasteiger charge is -2.33. The van der Waals surface area contributed by atoms with Crippen LogP contribution in [0.5, 0.6) is 0 Å². The minimum Gasteiger partial charge on any atom is -0.352 e. The Morgan fingerprint density at radius 3 is 2.26 bits per heavy atom. The molecule has 1 N–H and O–H groups in total. The fraction of sp³-hybridized carbons (Fsp3) is 0.440. The topological polar surface area (TPSA) is 130 Å². The first-order valence-electron chi connectivity index (χ1n) is 12.0. The molecule has 0 aliphatic carbocycles. The van der Waals surface area contributed by atoms with Gasteiger partial charge in [-0.15, -0.1) is 0 Å². The number of carbonyl (C=O) groups is 2. The first kappa shape index (κ1) is 31.3. The average Bonchev–Trinajstić information content (AvgIpc) is 2.83. The number of benzene rings is 2. The van der Waals surface area contributed by atoms with E-state index in [4.69, 9.17) is 23.2 Å². The van der Waals surface area contributed by atoms with Crippen molar-refractivity contribution < 1.29 is 22.9 Å². The quantitative estimate of drug-likeness (QED) is 0.283. The number of sulfonamides is 1. The summed E-state index contributed by atoms with van der Waals surface area (Å²) in [6.45, 7) is 6.36. The average molecular weight is 588 g/mol. The van der Waals surface area contributed by atoms with Gasteiger partial charge in [0.25, 0.3) is 5.69 Å². The number of carbonyl (C=O) groups excluding carboxylic acids is 2. The number of non-ortho nitro benzene ring substituents is 1. The fourth-order valence-electron chi connectivity index (χ4n) is 3.77. The second-order valence-electron chi connectivity index (χ2n) is 9.01. The highest BCUT2D eigenvalue weighted by molar-refractivity contribution is 7.92. The Labute approximate surface area is 233 Å². The molecule has 2 rings (SSSR count). The summed E-state index contributed by atoms with van der Waals surface area (Å²) in [4.78, 5) is 38.9. The third-order valence-electron chi connectivity index (χ3n) is 6.08. The Kier molecular flexibility index (Phi) is 10.9. The molecule has 2 amide bonds. The maximum Gasteiger partial charge on any atom is 0.271 e. The number of amides is 2. The first-order valence-corrected chi connectivity index (χ1v) is 14.6. The summed E-state index contributed by atoms with van der Waals surface area (Å²) >= 11 is 12.2. The molecule has 0 heterocycles. The van der Waals surface area contributed by atoms with E-state index in [1.54, 1.807) is 32.0 Å². The van der Waals surface area contributed by atoms with Crippen LogP contribution in [0.3, 0.4) is 0 Å². The number of nitro groups is 1. The Hall–Kier alpha value is -2.89. The second-order valence-corrected chi connectivity index (χ2v) is 11.7. The number of hydrogen-bond donors (Lipinski definition) is 1. The highest BCUT2D eigenvalue weighted by Gasteiger charge is 2.33. The van der Waals surface area contributed by atoms with E-state index in [9.17, 15) is 28.1 Å². The largest absolute Gasteiger partial charge is 0.352 e. The first-order chi connectivity index (χ1) is 17.7. The lowest BCUT2D eigenvalue weighted by atomic mass is 10.1. The number of anilines is 1. The van der Waals surface area contributed by atoms with E-state index in [0.29, 0.717) is 22.6 Å². The van der Waals surface area contributed by atoms with Gasteiger partial charge in [0.15, 0.2) is 0 Å². The van der Waals surface area contributed by atoms with Gasteiger partial charge >= 0.3 is 0 Å². The standard InChI is InChI=1S/C25H32Cl2N4O6S/c1-6-17(4)28-25(33)22(7-2)29(14-18-9-11-20(26)21(27)12-18)24(32)15-30(38(5,36)37)23-13-19(31(34)35)10-8-16(23)3/h8-13,17,22H,6-7,14-15H2,1-5H3,(H,28,33)/t17-,22-/m0/s1. The molecule has 208 valence electrons. The van der Waals surface area contributed by atoms with Gasteiger partial charge in [0.05, 0.1) is 26.9 Å². The third-order valence-corrected chi connectivity index (χ3v) is 7.94. The summed E-state index contributed by atoms with van der Waals surface area (Å²) < 4.78 is 26.4. The normalized spacial score (nSPS) is 12.9. The minimum atomic E-state index is -4.05. The van der Waals surface area contributed by atoms with Crippen LogP contribution in [-0.2, 0) is 26.2 Å². The van der Waals surface area contributed by atoms with Crippen LogP contribution in [0.2, 0.25) is 10.0 Å². The molecule has 0 aliphatic heterocycles. The van der Waals surface area contributed by atoms with E-state index < -0.39 is 33.4 Å². The van der Waals surface area contributed by atoms with Crippen LogP contribution in [0, 0.1) is 17.0 Å². The van der Waals surface area contributed by atoms with Crippen molar-refractivity contribution in [3.63, 3.8) is 0 Å². The summed E-state index contributed by atoms with van der Waals surface area (Å²) in [5, 5.41) is 14.8. The Bertz CT molecular complexity index is 1300. The van der Waals surface area contributed by atoms with Gasteiger partial charge in [0, 0.05) is 24.7 Å². The van der Waals surface area contributed by atoms with Crippen molar-refractivity contribution >= 4 is 56.4 Å². The number of nitro benzene ring substituents is 1. The highest BCUT2D eigenvalue weighted by Crippen LogP contribution is 2.28. The molecule has 0 bridgehead atoms. The monoisotopic (exact) mass is 586 g/mol. The summed E-state index contributed by atoms with van der Waals surface area (Å²) in [5.41, 5.74) is 0.687. The maximum atomic E-state index is 13.8. The van der Waals surface area contributed by atoms with Crippen molar-refractivity contribution in [1.82, 2.24) is 10.2 Å². The predicted molar refractivity (Wildman–Crippen MR) is 149 cm³/mol. The van der Waals surface area contributed by atoms with Crippen molar-refractivity contribution in [2.75, 3.05) is 17.1 Å². The zero-order valence-electron chi connectivity index (χ0n) is 21.9. The van der Waals surface area contributed by atoms with Crippen LogP contribution in [0.15, 0.2) is 36.4 Å². The molecule has 0 spiro atoms. The minimum absolute atomic E-state index is 0.00152. The molecule has 0 aromatic heterocycles. The van der Waals surface area contributed by atoms with Gasteiger partial charge in [0.2, 0.25) is 21.8 Å². The number of halogens is 2. The fourth-order valence-corrected chi connectivity index (χ4v) is 4.99. The van der Waals surface area contributed by atoms with Crippen LogP contribution < -0.4 is 9.62 Å². The molecule has 0 unspecified atom stereocenters. The summed E-state index contributed by atoms with van der Waals surface area (Å²) in [6, 6.07) is 7.52. The van der Waals surface area contributed by atoms with Gasteiger partial charge in [-0.1, -0.05) is 49.2 Å². The van der Waals surface area contributed by atoms with Crippen LogP contribution in [0.4, 0.5) is 11.4 Å². The lowest BCUT2D eigenvalue weighted by Crippen LogP contribution is -2.53. The molecule has 2 atom stereocenters. The summed E-state index contributed by atoms with van der Waals surface area (Å²) in [5.74, 6) is -1.05. The van der Waals surface area contributed by atoms with Gasteiger partial charge in [-0.2, -0.15) is 0 Å². The van der Waals surface area contributed by atoms with E-state index in [1.807, 2.05) is 13.8 Å². The summed E-state index contributed by atoms with van der Waals surface area (Å²) in [7, 11) is -4.05. The van der Waals surface area contributed by atoms with Gasteiger partial charge in [0.1, 0.15) is 12.6 Å². The lowest BCUT2D eigenvalue weighted by molar-refractivity contribution is -0.384. The third kappa shape index (κ3) is 8.05. The van der Waals surface area contributed by atoms with Crippen LogP contribution >= 0.6 is 23.2 Å². The Morgan fingerprint density at radius 1 is 1.08 bits per heavy atom. The van der Waals surface area contributed by atoms with Crippen molar-refractivity contribution in [2.45, 2.75) is 59.2 Å². The number of hydrogen-bond acceptors (Lipinski definition) is 6. The van der Waals surface area contributed by atoms with E-state index in [1.165, 1.54) is 17.0 Å². The molecular formula is C25H32Cl2N4O6S. The number of nitrogens with zero attached hydrogens (tertiary/aromatic N) is 3. The molecule has 10 nitrogen and oxygen atoms in total. The molecular weight excluding hydrogens is 555 g/mol. The molecule has 38 heavy (non-hydrogen) atoms. The Morgan fingerprint density at radius 2 is 1.74 bits per heavy atom. The Balaban J connectivity index is 2.55. The van der Waals surface area contributed by atoms with Crippen LogP contribution in [-0.4, -0.2) is 54.9 Å². The molecule has 0 saturated carbocycles. The molecule has 2 aromatic carbocycles. The van der Waals surface area contributed by atoms with Crippen molar-refractivity contribution in [1.29, 1.82) is 0 Å². The molecule has 0 fully saturated rings. The van der Waals surface area contributed by atoms with E-state index in [-0.39, 0.29) is 41.3 Å². The SMILES string of the molecule is CC[C@H](C)NC(=O)[C@H](CC)N(Cc1ccc(Cl)c(Cl)c1)C(=O)CN(c1cc([N+](=O)[O-])ccc1C)S(C)(=O)=O. The van der Waals surface area contributed by atoms with Crippen molar-refractivity contribution in [2.24, 2.45) is 0 Å². The molecule has 13 heteroatoms. The molecule has 0 radical (unpaired) electrons. The smallest absolute Gasteiger partial charge is 0.271 e. The van der Waals surface area contributed by atoms with Crippen LogP contribution in [0.1, 0.15) is 44.7 Å². The predicted octanol–water partition coefficient (Wildman–Crippen LogP) is 4.70. The number of aryl methyl sites for hydroxylation is 1. The maximum absolute atomic E-state index is 13.8. The highest BCUT2D eigenvalue weighted by atomic mass is 35.5. The molecule has 0 aliphatic rings. The summed E-state index contributed by atoms with van der Waals surface area (Å²) in [6.07, 6.45) is 1.84. The zero-order chi connectivity index (χ0) is 28.8. The van der Waals surface area contributed by atoms with Gasteiger partial charge in [-0.25, -0.2) is 8.42 Å². The number of rotatable bonds is 12. The van der Waals surface area contributed by atoms with E-state index in [0.717, 1.165) is 16.6 Å². The molecule has 0 saturated heterocycles.